The van der Waals surface area contributed by atoms with Gasteiger partial charge in [0.2, 0.25) is 0 Å². The van der Waals surface area contributed by atoms with Crippen LogP contribution in [-0.2, 0) is 0 Å². The summed E-state index contributed by atoms with van der Waals surface area (Å²) < 4.78 is 0.768. The van der Waals surface area contributed by atoms with Crippen molar-refractivity contribution in [3.8, 4) is 0 Å². The Hall–Kier alpha value is 0.270. The van der Waals surface area contributed by atoms with Gasteiger partial charge in [0.25, 0.3) is 0 Å². The van der Waals surface area contributed by atoms with E-state index >= 15 is 0 Å². The van der Waals surface area contributed by atoms with Crippen molar-refractivity contribution >= 4 is 62.1 Å². The average Bonchev–Trinajstić information content (AvgIpc) is 2.64. The Labute approximate surface area is 121 Å². The standard InChI is InChI=1S/C11H6BrCl3S/c12-11(9-3-4-10(15)16-9)7-2-1-6(13)5-8(7)14/h1-5,11H. The fraction of sp³-hybridized carbons (Fsp3) is 0.0909. The van der Waals surface area contributed by atoms with Crippen LogP contribution in [0.25, 0.3) is 0 Å². The van der Waals surface area contributed by atoms with E-state index in [1.165, 1.54) is 11.3 Å². The highest BCUT2D eigenvalue weighted by Gasteiger charge is 2.15. The molecule has 0 fully saturated rings. The number of thiophene rings is 1. The van der Waals surface area contributed by atoms with E-state index in [2.05, 4.69) is 15.9 Å². The third kappa shape index (κ3) is 2.74. The van der Waals surface area contributed by atoms with Crippen LogP contribution >= 0.6 is 62.1 Å². The fourth-order valence-electron chi connectivity index (χ4n) is 1.32. The summed E-state index contributed by atoms with van der Waals surface area (Å²) >= 11 is 23.0. The maximum atomic E-state index is 6.14. The van der Waals surface area contributed by atoms with Crippen LogP contribution in [0.15, 0.2) is 30.3 Å². The third-order valence-corrected chi connectivity index (χ3v) is 5.23. The number of rotatable bonds is 2. The molecular weight excluding hydrogens is 350 g/mol. The Morgan fingerprint density at radius 3 is 2.38 bits per heavy atom. The fourth-order valence-corrected chi connectivity index (χ4v) is 3.86. The molecule has 2 rings (SSSR count). The summed E-state index contributed by atoms with van der Waals surface area (Å²) in [6, 6.07) is 9.34. The summed E-state index contributed by atoms with van der Waals surface area (Å²) in [7, 11) is 0. The van der Waals surface area contributed by atoms with E-state index in [1.54, 1.807) is 6.07 Å². The van der Waals surface area contributed by atoms with Crippen LogP contribution in [0.5, 0.6) is 0 Å². The number of benzene rings is 1. The van der Waals surface area contributed by atoms with Crippen molar-refractivity contribution in [2.75, 3.05) is 0 Å². The Balaban J connectivity index is 2.37. The molecule has 84 valence electrons. The molecule has 2 aromatic rings. The zero-order valence-corrected chi connectivity index (χ0v) is 12.6. The van der Waals surface area contributed by atoms with Crippen molar-refractivity contribution in [3.63, 3.8) is 0 Å². The first kappa shape index (κ1) is 12.7. The molecule has 0 aliphatic heterocycles. The van der Waals surface area contributed by atoms with Crippen LogP contribution in [0.4, 0.5) is 0 Å². The van der Waals surface area contributed by atoms with Gasteiger partial charge in [-0.25, -0.2) is 0 Å². The van der Waals surface area contributed by atoms with Gasteiger partial charge in [-0.15, -0.1) is 11.3 Å². The van der Waals surface area contributed by atoms with Gasteiger partial charge in [-0.05, 0) is 29.8 Å². The van der Waals surface area contributed by atoms with E-state index in [0.29, 0.717) is 10.0 Å². The van der Waals surface area contributed by atoms with E-state index in [0.717, 1.165) is 14.8 Å². The molecule has 0 radical (unpaired) electrons. The number of hydrogen-bond donors (Lipinski definition) is 0. The van der Waals surface area contributed by atoms with Crippen molar-refractivity contribution < 1.29 is 0 Å². The number of alkyl halides is 1. The van der Waals surface area contributed by atoms with Crippen LogP contribution in [0.3, 0.4) is 0 Å². The van der Waals surface area contributed by atoms with Crippen molar-refractivity contribution in [2.24, 2.45) is 0 Å². The van der Waals surface area contributed by atoms with Gasteiger partial charge in [-0.3, -0.25) is 0 Å². The van der Waals surface area contributed by atoms with Crippen molar-refractivity contribution in [1.82, 2.24) is 0 Å². The molecule has 0 aliphatic rings. The molecule has 0 amide bonds. The minimum Gasteiger partial charge on any atom is -0.127 e. The highest BCUT2D eigenvalue weighted by atomic mass is 79.9. The van der Waals surface area contributed by atoms with Crippen LogP contribution in [0.2, 0.25) is 14.4 Å². The Morgan fingerprint density at radius 1 is 1.06 bits per heavy atom. The van der Waals surface area contributed by atoms with Gasteiger partial charge < -0.3 is 0 Å². The molecule has 0 bridgehead atoms. The molecule has 0 nitrogen and oxygen atoms in total. The number of halogens is 4. The van der Waals surface area contributed by atoms with Crippen molar-refractivity contribution in [2.45, 2.75) is 4.83 Å². The summed E-state index contributed by atoms with van der Waals surface area (Å²) in [5.74, 6) is 0. The maximum Gasteiger partial charge on any atom is 0.0931 e. The van der Waals surface area contributed by atoms with E-state index < -0.39 is 0 Å². The average molecular weight is 356 g/mol. The van der Waals surface area contributed by atoms with E-state index in [4.69, 9.17) is 34.8 Å². The molecular formula is C11H6BrCl3S. The summed E-state index contributed by atoms with van der Waals surface area (Å²) in [6.45, 7) is 0. The van der Waals surface area contributed by atoms with Gasteiger partial charge in [0.05, 0.1) is 9.16 Å². The van der Waals surface area contributed by atoms with Crippen LogP contribution < -0.4 is 0 Å². The SMILES string of the molecule is Clc1ccc(C(Br)c2ccc(Cl)s2)c(Cl)c1. The maximum absolute atomic E-state index is 6.14. The predicted molar refractivity (Wildman–Crippen MR) is 76.6 cm³/mol. The van der Waals surface area contributed by atoms with Crippen LogP contribution in [0.1, 0.15) is 15.3 Å². The van der Waals surface area contributed by atoms with E-state index in [1.807, 2.05) is 24.3 Å². The Kier molecular flexibility index (Phi) is 4.20. The van der Waals surface area contributed by atoms with Gasteiger partial charge in [0.15, 0.2) is 0 Å². The lowest BCUT2D eigenvalue weighted by molar-refractivity contribution is 1.23. The normalized spacial score (nSPS) is 12.8. The van der Waals surface area contributed by atoms with Gasteiger partial charge in [-0.1, -0.05) is 56.8 Å². The van der Waals surface area contributed by atoms with Gasteiger partial charge >= 0.3 is 0 Å². The molecule has 0 N–H and O–H groups in total. The van der Waals surface area contributed by atoms with Gasteiger partial charge in [0.1, 0.15) is 0 Å². The summed E-state index contributed by atoms with van der Waals surface area (Å²) in [6.07, 6.45) is 0. The quantitative estimate of drug-likeness (QED) is 0.563. The van der Waals surface area contributed by atoms with Crippen LogP contribution in [-0.4, -0.2) is 0 Å². The summed E-state index contributed by atoms with van der Waals surface area (Å²) in [5, 5.41) is 1.29. The summed E-state index contributed by atoms with van der Waals surface area (Å²) in [4.78, 5) is 1.17. The smallest absolute Gasteiger partial charge is 0.0931 e. The third-order valence-electron chi connectivity index (χ3n) is 2.08. The Morgan fingerprint density at radius 2 is 1.81 bits per heavy atom. The molecule has 16 heavy (non-hydrogen) atoms. The van der Waals surface area contributed by atoms with Crippen molar-refractivity contribution in [1.29, 1.82) is 0 Å². The monoisotopic (exact) mass is 354 g/mol. The minimum atomic E-state index is 0.0507. The summed E-state index contributed by atoms with van der Waals surface area (Å²) in [5.41, 5.74) is 0.990. The first-order valence-electron chi connectivity index (χ1n) is 4.42. The van der Waals surface area contributed by atoms with E-state index in [9.17, 15) is 0 Å². The first-order chi connectivity index (χ1) is 7.58. The minimum absolute atomic E-state index is 0.0507. The molecule has 0 saturated carbocycles. The van der Waals surface area contributed by atoms with Gasteiger partial charge in [-0.2, -0.15) is 0 Å². The number of hydrogen-bond acceptors (Lipinski definition) is 1. The topological polar surface area (TPSA) is 0 Å². The largest absolute Gasteiger partial charge is 0.127 e. The Bertz CT molecular complexity index is 510. The molecule has 0 aliphatic carbocycles. The van der Waals surface area contributed by atoms with Crippen molar-refractivity contribution in [3.05, 3.63) is 55.2 Å². The molecule has 1 aromatic heterocycles. The molecule has 5 heteroatoms. The van der Waals surface area contributed by atoms with Gasteiger partial charge in [0, 0.05) is 14.9 Å². The van der Waals surface area contributed by atoms with Crippen LogP contribution in [0, 0.1) is 0 Å². The lowest BCUT2D eigenvalue weighted by Crippen LogP contribution is -1.90. The van der Waals surface area contributed by atoms with E-state index in [-0.39, 0.29) is 4.83 Å². The second-order valence-corrected chi connectivity index (χ2v) is 6.68. The second-order valence-electron chi connectivity index (χ2n) is 3.17. The molecule has 1 atom stereocenters. The molecule has 0 saturated heterocycles. The molecule has 1 aromatic carbocycles. The molecule has 0 spiro atoms. The highest BCUT2D eigenvalue weighted by Crippen LogP contribution is 2.40. The second kappa shape index (κ2) is 5.28. The lowest BCUT2D eigenvalue weighted by Gasteiger charge is -2.10. The lowest BCUT2D eigenvalue weighted by atomic mass is 10.1. The zero-order chi connectivity index (χ0) is 11.7. The zero-order valence-electron chi connectivity index (χ0n) is 7.88. The highest BCUT2D eigenvalue weighted by molar-refractivity contribution is 9.09. The first-order valence-corrected chi connectivity index (χ1v) is 7.29. The molecule has 1 heterocycles. The molecule has 1 unspecified atom stereocenters. The predicted octanol–water partition coefficient (Wildman–Crippen LogP) is 6.19.